The van der Waals surface area contributed by atoms with Gasteiger partial charge in [-0.25, -0.2) is 0 Å². The quantitative estimate of drug-likeness (QED) is 0.0261. The Labute approximate surface area is 459 Å². The minimum Gasteiger partial charge on any atom is -0.462 e. The molecule has 6 nitrogen and oxygen atoms in total. The van der Waals surface area contributed by atoms with Crippen LogP contribution in [-0.4, -0.2) is 37.2 Å². The molecule has 0 spiro atoms. The van der Waals surface area contributed by atoms with E-state index in [4.69, 9.17) is 14.2 Å². The first kappa shape index (κ1) is 70.8. The highest BCUT2D eigenvalue weighted by Crippen LogP contribution is 2.18. The molecule has 0 heterocycles. The third-order valence-electron chi connectivity index (χ3n) is 14.0. The Morgan fingerprint density at radius 2 is 0.527 bits per heavy atom. The normalized spacial score (nSPS) is 12.5. The largest absolute Gasteiger partial charge is 0.462 e. The third-order valence-corrected chi connectivity index (χ3v) is 14.0. The predicted octanol–water partition coefficient (Wildman–Crippen LogP) is 21.7. The fourth-order valence-electron chi connectivity index (χ4n) is 9.24. The van der Waals surface area contributed by atoms with Gasteiger partial charge in [0, 0.05) is 19.3 Å². The molecule has 0 aromatic rings. The SMILES string of the molecule is CC/C=C\C/C=C\C/C=C\CCCCCC(=O)OCC(COC(=O)CCCCCCCCCCCCCCCCCCCCCCCCCCCCCCCC)OC(=O)CCCCC/C=C\C/C=C\C/C=C\CC. The van der Waals surface area contributed by atoms with Gasteiger partial charge in [0.15, 0.2) is 6.10 Å². The lowest BCUT2D eigenvalue weighted by molar-refractivity contribution is -0.167. The van der Waals surface area contributed by atoms with Gasteiger partial charge in [-0.2, -0.15) is 0 Å². The molecule has 1 unspecified atom stereocenters. The maximum absolute atomic E-state index is 12.8. The summed E-state index contributed by atoms with van der Waals surface area (Å²) in [6.45, 7) is 6.39. The van der Waals surface area contributed by atoms with Gasteiger partial charge in [-0.05, 0) is 83.5 Å². The number of esters is 3. The van der Waals surface area contributed by atoms with Crippen LogP contribution >= 0.6 is 0 Å². The van der Waals surface area contributed by atoms with Gasteiger partial charge in [-0.1, -0.05) is 293 Å². The number of carbonyl (C=O) groups excluding carboxylic acids is 3. The molecule has 0 saturated carbocycles. The van der Waals surface area contributed by atoms with E-state index in [9.17, 15) is 14.4 Å². The predicted molar refractivity (Wildman–Crippen MR) is 321 cm³/mol. The number of carbonyl (C=O) groups is 3. The molecular formula is C68H120O6. The van der Waals surface area contributed by atoms with E-state index < -0.39 is 6.10 Å². The molecule has 1 atom stereocenters. The molecule has 0 bridgehead atoms. The van der Waals surface area contributed by atoms with Crippen LogP contribution in [0.15, 0.2) is 72.9 Å². The summed E-state index contributed by atoms with van der Waals surface area (Å²) in [4.78, 5) is 38.1. The minimum absolute atomic E-state index is 0.0947. The van der Waals surface area contributed by atoms with Crippen LogP contribution in [0.3, 0.4) is 0 Å². The smallest absolute Gasteiger partial charge is 0.306 e. The van der Waals surface area contributed by atoms with Gasteiger partial charge in [0.05, 0.1) is 0 Å². The van der Waals surface area contributed by atoms with Gasteiger partial charge in [-0.15, -0.1) is 0 Å². The van der Waals surface area contributed by atoms with Crippen LogP contribution < -0.4 is 0 Å². The molecule has 74 heavy (non-hydrogen) atoms. The van der Waals surface area contributed by atoms with Crippen molar-refractivity contribution in [3.8, 4) is 0 Å². The zero-order valence-corrected chi connectivity index (χ0v) is 49.1. The molecule has 0 radical (unpaired) electrons. The zero-order valence-electron chi connectivity index (χ0n) is 49.1. The van der Waals surface area contributed by atoms with Crippen LogP contribution in [0.2, 0.25) is 0 Å². The first-order chi connectivity index (χ1) is 36.5. The Morgan fingerprint density at radius 3 is 0.824 bits per heavy atom. The van der Waals surface area contributed by atoms with E-state index >= 15 is 0 Å². The molecule has 6 heteroatoms. The van der Waals surface area contributed by atoms with Gasteiger partial charge in [0.1, 0.15) is 13.2 Å². The molecule has 0 N–H and O–H groups in total. The molecule has 0 aliphatic heterocycles. The van der Waals surface area contributed by atoms with Crippen molar-refractivity contribution in [2.75, 3.05) is 13.2 Å². The Morgan fingerprint density at radius 1 is 0.284 bits per heavy atom. The van der Waals surface area contributed by atoms with Crippen LogP contribution in [0.25, 0.3) is 0 Å². The van der Waals surface area contributed by atoms with E-state index in [2.05, 4.69) is 93.7 Å². The topological polar surface area (TPSA) is 78.9 Å². The Kier molecular flexibility index (Phi) is 59.7. The molecule has 428 valence electrons. The average molecular weight is 1030 g/mol. The summed E-state index contributed by atoms with van der Waals surface area (Å²) in [6, 6.07) is 0. The summed E-state index contributed by atoms with van der Waals surface area (Å²) >= 11 is 0. The Balaban J connectivity index is 4.14. The highest BCUT2D eigenvalue weighted by molar-refractivity contribution is 5.71. The van der Waals surface area contributed by atoms with Crippen molar-refractivity contribution in [3.05, 3.63) is 72.9 Å². The summed E-state index contributed by atoms with van der Waals surface area (Å²) in [5.74, 6) is -0.945. The van der Waals surface area contributed by atoms with E-state index in [1.165, 1.54) is 173 Å². The van der Waals surface area contributed by atoms with Crippen molar-refractivity contribution in [2.24, 2.45) is 0 Å². The number of allylic oxidation sites excluding steroid dienone is 12. The summed E-state index contributed by atoms with van der Waals surface area (Å²) < 4.78 is 16.8. The Hall–Kier alpha value is -3.15. The second kappa shape index (κ2) is 62.4. The molecular weight excluding hydrogens is 913 g/mol. The average Bonchev–Trinajstić information content (AvgIpc) is 3.40. The molecule has 0 rings (SSSR count). The van der Waals surface area contributed by atoms with Crippen molar-refractivity contribution >= 4 is 17.9 Å². The van der Waals surface area contributed by atoms with Crippen LogP contribution in [0, 0.1) is 0 Å². The number of hydrogen-bond acceptors (Lipinski definition) is 6. The monoisotopic (exact) mass is 1030 g/mol. The second-order valence-electron chi connectivity index (χ2n) is 21.3. The molecule has 0 fully saturated rings. The molecule has 0 aromatic carbocycles. The standard InChI is InChI=1S/C68H120O6/c1-4-7-10-13-16-19-22-25-26-27-28-29-30-31-32-33-34-35-36-37-38-39-40-41-44-46-49-52-55-58-61-67(70)73-64-65(74-68(71)62-59-56-53-50-47-43-24-21-18-15-12-9-6-3)63-72-66(69)60-57-54-51-48-45-42-23-20-17-14-11-8-5-2/h8-9,11-12,17-18,20-21,42-43,45,47,65H,4-7,10,13-16,19,22-41,44,46,48-64H2,1-3H3/b11-8-,12-9-,20-17-,21-18-,45-42-,47-43-. The molecule has 0 aromatic heterocycles. The van der Waals surface area contributed by atoms with Crippen LogP contribution in [-0.2, 0) is 28.6 Å². The lowest BCUT2D eigenvalue weighted by Gasteiger charge is -2.18. The van der Waals surface area contributed by atoms with Crippen LogP contribution in [0.5, 0.6) is 0 Å². The van der Waals surface area contributed by atoms with Gasteiger partial charge >= 0.3 is 17.9 Å². The third kappa shape index (κ3) is 59.7. The van der Waals surface area contributed by atoms with Crippen molar-refractivity contribution < 1.29 is 28.6 Å². The molecule has 0 amide bonds. The number of ether oxygens (including phenoxy) is 3. The van der Waals surface area contributed by atoms with Gasteiger partial charge in [0.25, 0.3) is 0 Å². The van der Waals surface area contributed by atoms with Crippen molar-refractivity contribution in [1.29, 1.82) is 0 Å². The van der Waals surface area contributed by atoms with Gasteiger partial charge in [-0.3, -0.25) is 14.4 Å². The van der Waals surface area contributed by atoms with Crippen LogP contribution in [0.4, 0.5) is 0 Å². The van der Waals surface area contributed by atoms with E-state index in [1.54, 1.807) is 0 Å². The van der Waals surface area contributed by atoms with Gasteiger partial charge in [0.2, 0.25) is 0 Å². The van der Waals surface area contributed by atoms with E-state index in [1.807, 2.05) is 0 Å². The van der Waals surface area contributed by atoms with E-state index in [-0.39, 0.29) is 37.5 Å². The Bertz CT molecular complexity index is 1370. The number of rotatable bonds is 58. The second-order valence-corrected chi connectivity index (χ2v) is 21.3. The molecule has 0 saturated heterocycles. The highest BCUT2D eigenvalue weighted by atomic mass is 16.6. The fraction of sp³-hybridized carbons (Fsp3) is 0.779. The summed E-state index contributed by atoms with van der Waals surface area (Å²) in [5.41, 5.74) is 0. The van der Waals surface area contributed by atoms with Crippen molar-refractivity contribution in [3.63, 3.8) is 0 Å². The van der Waals surface area contributed by atoms with Gasteiger partial charge < -0.3 is 14.2 Å². The summed E-state index contributed by atoms with van der Waals surface area (Å²) in [6.07, 6.45) is 80.9. The maximum atomic E-state index is 12.8. The van der Waals surface area contributed by atoms with E-state index in [0.29, 0.717) is 12.8 Å². The summed E-state index contributed by atoms with van der Waals surface area (Å²) in [5, 5.41) is 0. The molecule has 0 aliphatic carbocycles. The first-order valence-corrected chi connectivity index (χ1v) is 31.9. The minimum atomic E-state index is -0.802. The highest BCUT2D eigenvalue weighted by Gasteiger charge is 2.19. The lowest BCUT2D eigenvalue weighted by Crippen LogP contribution is -2.30. The molecule has 0 aliphatic rings. The zero-order chi connectivity index (χ0) is 53.6. The van der Waals surface area contributed by atoms with E-state index in [0.717, 1.165) is 109 Å². The van der Waals surface area contributed by atoms with Crippen LogP contribution in [0.1, 0.15) is 323 Å². The first-order valence-electron chi connectivity index (χ1n) is 31.9. The van der Waals surface area contributed by atoms with Crippen molar-refractivity contribution in [2.45, 2.75) is 329 Å². The van der Waals surface area contributed by atoms with Crippen molar-refractivity contribution in [1.82, 2.24) is 0 Å². The lowest BCUT2D eigenvalue weighted by atomic mass is 10.0. The summed E-state index contributed by atoms with van der Waals surface area (Å²) in [7, 11) is 0. The fourth-order valence-corrected chi connectivity index (χ4v) is 9.24. The maximum Gasteiger partial charge on any atom is 0.306 e. The number of hydrogen-bond donors (Lipinski definition) is 0. The number of unbranched alkanes of at least 4 members (excludes halogenated alkanes) is 35.